The molecule has 1 amide bonds. The molecule has 0 aliphatic carbocycles. The number of aryl methyl sites for hydroxylation is 1. The summed E-state index contributed by atoms with van der Waals surface area (Å²) in [6.07, 6.45) is -0.478. The summed E-state index contributed by atoms with van der Waals surface area (Å²) in [7, 11) is 0. The molecule has 2 heterocycles. The fourth-order valence-electron chi connectivity index (χ4n) is 2.62. The number of ether oxygens (including phenoxy) is 2. The number of benzene rings is 2. The number of nitrogens with one attached hydrogen (secondary N) is 1. The lowest BCUT2D eigenvalue weighted by Crippen LogP contribution is -2.22. The van der Waals surface area contributed by atoms with Gasteiger partial charge >= 0.3 is 0 Å². The minimum atomic E-state index is -0.478. The Morgan fingerprint density at radius 3 is 2.68 bits per heavy atom. The van der Waals surface area contributed by atoms with Crippen LogP contribution in [0.15, 0.2) is 58.2 Å². The van der Waals surface area contributed by atoms with Gasteiger partial charge in [0.05, 0.1) is 5.25 Å². The van der Waals surface area contributed by atoms with Crippen molar-refractivity contribution in [3.63, 3.8) is 0 Å². The Morgan fingerprint density at radius 2 is 1.89 bits per heavy atom. The van der Waals surface area contributed by atoms with Gasteiger partial charge in [-0.15, -0.1) is 10.2 Å². The highest BCUT2D eigenvalue weighted by Gasteiger charge is 2.28. The SMILES string of the molecule is Cc1ccc(NC(=O)[C@H](C)Sc2nnc([C@H]3COc4ccccc4O3)o2)cc1. The van der Waals surface area contributed by atoms with E-state index in [0.29, 0.717) is 22.6 Å². The van der Waals surface area contributed by atoms with Crippen molar-refractivity contribution in [1.82, 2.24) is 10.2 Å². The third-order valence-corrected chi connectivity index (χ3v) is 5.11. The second kappa shape index (κ2) is 7.93. The van der Waals surface area contributed by atoms with E-state index in [9.17, 15) is 4.79 Å². The van der Waals surface area contributed by atoms with E-state index in [1.165, 1.54) is 11.8 Å². The van der Waals surface area contributed by atoms with Gasteiger partial charge in [-0.25, -0.2) is 0 Å². The molecule has 144 valence electrons. The maximum atomic E-state index is 12.4. The number of amides is 1. The van der Waals surface area contributed by atoms with Gasteiger partial charge in [-0.3, -0.25) is 4.79 Å². The monoisotopic (exact) mass is 397 g/mol. The summed E-state index contributed by atoms with van der Waals surface area (Å²) < 4.78 is 17.2. The van der Waals surface area contributed by atoms with Crippen LogP contribution in [-0.2, 0) is 4.79 Å². The molecule has 4 rings (SSSR count). The largest absolute Gasteiger partial charge is 0.485 e. The lowest BCUT2D eigenvalue weighted by Gasteiger charge is -2.23. The molecule has 0 radical (unpaired) electrons. The van der Waals surface area contributed by atoms with E-state index in [2.05, 4.69) is 15.5 Å². The van der Waals surface area contributed by atoms with Crippen LogP contribution in [0.5, 0.6) is 11.5 Å². The maximum absolute atomic E-state index is 12.4. The van der Waals surface area contributed by atoms with Crippen LogP contribution >= 0.6 is 11.8 Å². The van der Waals surface area contributed by atoms with Crippen molar-refractivity contribution in [2.24, 2.45) is 0 Å². The molecule has 0 saturated heterocycles. The zero-order chi connectivity index (χ0) is 19.5. The van der Waals surface area contributed by atoms with Gasteiger partial charge < -0.3 is 19.2 Å². The Balaban J connectivity index is 1.36. The van der Waals surface area contributed by atoms with Gasteiger partial charge in [-0.1, -0.05) is 41.6 Å². The third kappa shape index (κ3) is 4.12. The van der Waals surface area contributed by atoms with Crippen molar-refractivity contribution in [2.75, 3.05) is 11.9 Å². The molecule has 2 aromatic carbocycles. The molecule has 1 N–H and O–H groups in total. The van der Waals surface area contributed by atoms with Crippen molar-refractivity contribution in [3.8, 4) is 11.5 Å². The van der Waals surface area contributed by atoms with Gasteiger partial charge in [0, 0.05) is 5.69 Å². The highest BCUT2D eigenvalue weighted by Crippen LogP contribution is 2.36. The summed E-state index contributed by atoms with van der Waals surface area (Å²) in [5, 5.41) is 10.8. The standard InChI is InChI=1S/C20H19N3O4S/c1-12-7-9-14(10-8-12)21-18(24)13(2)28-20-23-22-19(27-20)17-11-25-15-5-3-4-6-16(15)26-17/h3-10,13,17H,11H2,1-2H3,(H,21,24)/t13-,17+/m0/s1. The van der Waals surface area contributed by atoms with Crippen molar-refractivity contribution in [1.29, 1.82) is 0 Å². The molecule has 0 saturated carbocycles. The molecule has 7 nitrogen and oxygen atoms in total. The zero-order valence-corrected chi connectivity index (χ0v) is 16.2. The van der Waals surface area contributed by atoms with Gasteiger partial charge in [0.25, 0.3) is 11.1 Å². The molecular formula is C20H19N3O4S. The fourth-order valence-corrected chi connectivity index (χ4v) is 3.31. The van der Waals surface area contributed by atoms with E-state index < -0.39 is 11.4 Å². The molecule has 0 unspecified atom stereocenters. The summed E-state index contributed by atoms with van der Waals surface area (Å²) in [6, 6.07) is 15.0. The molecule has 0 bridgehead atoms. The topological polar surface area (TPSA) is 86.5 Å². The molecule has 2 atom stereocenters. The van der Waals surface area contributed by atoms with Crippen LogP contribution in [0, 0.1) is 6.92 Å². The molecule has 3 aromatic rings. The van der Waals surface area contributed by atoms with Crippen LogP contribution in [0.2, 0.25) is 0 Å². The van der Waals surface area contributed by atoms with Crippen LogP contribution in [-0.4, -0.2) is 28.0 Å². The Kier molecular flexibility index (Phi) is 5.21. The Hall–Kier alpha value is -3.00. The average Bonchev–Trinajstić information content (AvgIpc) is 3.17. The van der Waals surface area contributed by atoms with Crippen LogP contribution < -0.4 is 14.8 Å². The van der Waals surface area contributed by atoms with Gasteiger partial charge in [0.2, 0.25) is 12.0 Å². The molecule has 0 fully saturated rings. The minimum Gasteiger partial charge on any atom is -0.485 e. The highest BCUT2D eigenvalue weighted by molar-refractivity contribution is 8.00. The van der Waals surface area contributed by atoms with Crippen LogP contribution in [0.3, 0.4) is 0 Å². The number of carbonyl (C=O) groups excluding carboxylic acids is 1. The number of aromatic nitrogens is 2. The predicted molar refractivity (Wildman–Crippen MR) is 105 cm³/mol. The third-order valence-electron chi connectivity index (χ3n) is 4.17. The second-order valence-corrected chi connectivity index (χ2v) is 7.68. The first-order valence-electron chi connectivity index (χ1n) is 8.84. The smallest absolute Gasteiger partial charge is 0.277 e. The predicted octanol–water partition coefficient (Wildman–Crippen LogP) is 4.01. The fraction of sp³-hybridized carbons (Fsp3) is 0.250. The van der Waals surface area contributed by atoms with Crippen LogP contribution in [0.4, 0.5) is 5.69 Å². The Morgan fingerprint density at radius 1 is 1.14 bits per heavy atom. The number of hydrogen-bond acceptors (Lipinski definition) is 7. The second-order valence-electron chi connectivity index (χ2n) is 6.39. The average molecular weight is 397 g/mol. The zero-order valence-electron chi connectivity index (χ0n) is 15.4. The molecule has 28 heavy (non-hydrogen) atoms. The molecule has 8 heteroatoms. The number of thioether (sulfide) groups is 1. The van der Waals surface area contributed by atoms with Crippen molar-refractivity contribution in [2.45, 2.75) is 30.4 Å². The van der Waals surface area contributed by atoms with Gasteiger partial charge in [0.15, 0.2) is 11.5 Å². The van der Waals surface area contributed by atoms with Gasteiger partial charge in [-0.05, 0) is 38.1 Å². The summed E-state index contributed by atoms with van der Waals surface area (Å²) >= 11 is 1.20. The van der Waals surface area contributed by atoms with E-state index in [1.54, 1.807) is 6.92 Å². The van der Waals surface area contributed by atoms with Crippen molar-refractivity contribution >= 4 is 23.4 Å². The number of nitrogens with zero attached hydrogens (tertiary/aromatic N) is 2. The number of anilines is 1. The van der Waals surface area contributed by atoms with Crippen molar-refractivity contribution < 1.29 is 18.7 Å². The molecular weight excluding hydrogens is 378 g/mol. The minimum absolute atomic E-state index is 0.139. The van der Waals surface area contributed by atoms with Crippen LogP contribution in [0.1, 0.15) is 24.5 Å². The quantitative estimate of drug-likeness (QED) is 0.651. The normalized spacial score (nSPS) is 16.4. The van der Waals surface area contributed by atoms with Crippen LogP contribution in [0.25, 0.3) is 0 Å². The van der Waals surface area contributed by atoms with E-state index in [1.807, 2.05) is 55.5 Å². The summed E-state index contributed by atoms with van der Waals surface area (Å²) in [6.45, 7) is 4.07. The lowest BCUT2D eigenvalue weighted by atomic mass is 10.2. The van der Waals surface area contributed by atoms with E-state index >= 15 is 0 Å². The Bertz CT molecular complexity index is 974. The summed E-state index contributed by atoms with van der Waals surface area (Å²) in [5.41, 5.74) is 1.89. The van der Waals surface area contributed by atoms with Crippen molar-refractivity contribution in [3.05, 3.63) is 60.0 Å². The summed E-state index contributed by atoms with van der Waals surface area (Å²) in [5.74, 6) is 1.51. The first-order valence-corrected chi connectivity index (χ1v) is 9.72. The first kappa shape index (κ1) is 18.4. The maximum Gasteiger partial charge on any atom is 0.277 e. The van der Waals surface area contributed by atoms with E-state index in [4.69, 9.17) is 13.9 Å². The number of para-hydroxylation sites is 2. The summed E-state index contributed by atoms with van der Waals surface area (Å²) in [4.78, 5) is 12.4. The molecule has 1 aliphatic heterocycles. The lowest BCUT2D eigenvalue weighted by molar-refractivity contribution is -0.115. The number of rotatable bonds is 5. The number of carbonyl (C=O) groups is 1. The number of hydrogen-bond donors (Lipinski definition) is 1. The van der Waals surface area contributed by atoms with E-state index in [-0.39, 0.29) is 12.5 Å². The number of fused-ring (bicyclic) bond motifs is 1. The van der Waals surface area contributed by atoms with Gasteiger partial charge in [-0.2, -0.15) is 0 Å². The first-order chi connectivity index (χ1) is 13.6. The Labute approximate surface area is 166 Å². The van der Waals surface area contributed by atoms with E-state index in [0.717, 1.165) is 11.3 Å². The molecule has 0 spiro atoms. The molecule has 1 aromatic heterocycles. The molecule has 1 aliphatic rings. The highest BCUT2D eigenvalue weighted by atomic mass is 32.2. The van der Waals surface area contributed by atoms with Gasteiger partial charge in [0.1, 0.15) is 6.61 Å².